The highest BCUT2D eigenvalue weighted by Crippen LogP contribution is 2.42. The molecule has 0 saturated heterocycles. The molecule has 0 atom stereocenters. The van der Waals surface area contributed by atoms with Crippen LogP contribution >= 0.6 is 12.0 Å². The number of fused-ring (bicyclic) bond motifs is 2. The molecule has 0 aliphatic rings. The lowest BCUT2D eigenvalue weighted by atomic mass is 10.0. The van der Waals surface area contributed by atoms with Gasteiger partial charge < -0.3 is 15.8 Å². The van der Waals surface area contributed by atoms with Gasteiger partial charge in [-0.1, -0.05) is 23.2 Å². The molecular formula is C30H26N6O11S3. The normalized spacial score (nSPS) is 12.4. The standard InChI is InChI=1S/C30H26N6O11S3/c1-15-5-4-6-19-22(8-7-21(31)30(15)19)33-35-25-13-23(32-16(2)37)24(14-27(25)45-3)34-36-26-12-20-17(10-29(26)50(42,43)44)9-18(48-47-46-38)11-28(20)49(39,40)41/h4-14,38H,31H2,1-3H3,(H,32,37)(H,39,40,41)(H,42,43,44). The number of nitrogens with zero attached hydrogens (tertiary/aromatic N) is 4. The Kier molecular flexibility index (Phi) is 10.5. The molecule has 0 heterocycles. The van der Waals surface area contributed by atoms with E-state index in [0.29, 0.717) is 23.4 Å². The molecule has 17 nitrogen and oxygen atoms in total. The molecular weight excluding hydrogens is 717 g/mol. The lowest BCUT2D eigenvalue weighted by Crippen LogP contribution is -2.06. The van der Waals surface area contributed by atoms with E-state index in [4.69, 9.17) is 15.7 Å². The fourth-order valence-electron chi connectivity index (χ4n) is 5.00. The summed E-state index contributed by atoms with van der Waals surface area (Å²) in [4.78, 5) is 10.6. The number of hydrogen-bond acceptors (Lipinski definition) is 15. The molecule has 0 bridgehead atoms. The van der Waals surface area contributed by atoms with Crippen molar-refractivity contribution in [1.82, 2.24) is 0 Å². The number of carbonyl (C=O) groups excluding carboxylic acids is 1. The number of nitrogens with one attached hydrogen (secondary N) is 1. The first-order chi connectivity index (χ1) is 23.6. The van der Waals surface area contributed by atoms with Gasteiger partial charge in [0.25, 0.3) is 20.2 Å². The maximum atomic E-state index is 12.4. The van der Waals surface area contributed by atoms with Crippen molar-refractivity contribution in [2.75, 3.05) is 18.2 Å². The molecule has 5 aromatic carbocycles. The molecule has 0 spiro atoms. The van der Waals surface area contributed by atoms with E-state index < -0.39 is 41.6 Å². The number of carbonyl (C=O) groups is 1. The number of aryl methyl sites for hydroxylation is 1. The third-order valence-corrected chi connectivity index (χ3v) is 9.41. The first kappa shape index (κ1) is 36.2. The lowest BCUT2D eigenvalue weighted by Gasteiger charge is -2.12. The minimum absolute atomic E-state index is 0.0428. The van der Waals surface area contributed by atoms with Crippen LogP contribution in [0.2, 0.25) is 0 Å². The third kappa shape index (κ3) is 7.87. The molecule has 0 fully saturated rings. The molecule has 5 rings (SSSR count). The van der Waals surface area contributed by atoms with E-state index >= 15 is 0 Å². The summed E-state index contributed by atoms with van der Waals surface area (Å²) in [5.41, 5.74) is 7.82. The number of nitrogen functional groups attached to an aromatic ring is 1. The first-order valence-corrected chi connectivity index (χ1v) is 17.6. The van der Waals surface area contributed by atoms with Crippen LogP contribution in [0.25, 0.3) is 21.5 Å². The molecule has 20 heteroatoms. The van der Waals surface area contributed by atoms with E-state index in [1.807, 2.05) is 25.1 Å². The van der Waals surface area contributed by atoms with E-state index in [2.05, 4.69) is 35.1 Å². The van der Waals surface area contributed by atoms with Gasteiger partial charge in [-0.15, -0.1) is 24.8 Å². The van der Waals surface area contributed by atoms with Crippen molar-refractivity contribution in [3.05, 3.63) is 72.3 Å². The Balaban J connectivity index is 1.65. The number of methoxy groups -OCH3 is 1. The van der Waals surface area contributed by atoms with Crippen LogP contribution in [0.15, 0.2) is 102 Å². The highest BCUT2D eigenvalue weighted by Gasteiger charge is 2.23. The van der Waals surface area contributed by atoms with E-state index in [9.17, 15) is 30.7 Å². The van der Waals surface area contributed by atoms with Crippen LogP contribution in [-0.4, -0.2) is 44.2 Å². The van der Waals surface area contributed by atoms with Gasteiger partial charge in [-0.2, -0.15) is 16.8 Å². The molecule has 6 N–H and O–H groups in total. The number of hydrogen-bond donors (Lipinski definition) is 5. The molecule has 0 radical (unpaired) electrons. The summed E-state index contributed by atoms with van der Waals surface area (Å²) in [6, 6.07) is 15.8. The minimum atomic E-state index is -5.01. The SMILES string of the molecule is COc1cc(N=Nc2cc3c(S(=O)(=O)O)cc(SOOO)cc3cc2S(=O)(=O)O)c(NC(C)=O)cc1N=Nc1ccc(N)c2c(C)cccc12. The monoisotopic (exact) mass is 742 g/mol. The number of benzene rings is 5. The van der Waals surface area contributed by atoms with Gasteiger partial charge in [-0.05, 0) is 60.3 Å². The molecule has 0 unspecified atom stereocenters. The van der Waals surface area contributed by atoms with Gasteiger partial charge in [-0.3, -0.25) is 13.9 Å². The van der Waals surface area contributed by atoms with Gasteiger partial charge in [0.15, 0.2) is 0 Å². The Morgan fingerprint density at radius 2 is 1.50 bits per heavy atom. The summed E-state index contributed by atoms with van der Waals surface area (Å²) in [5.74, 6) is -0.394. The number of azo groups is 2. The summed E-state index contributed by atoms with van der Waals surface area (Å²) in [6.45, 7) is 3.15. The number of anilines is 2. The van der Waals surface area contributed by atoms with Gasteiger partial charge >= 0.3 is 0 Å². The molecule has 0 aromatic heterocycles. The molecule has 0 aliphatic carbocycles. The number of amides is 1. The van der Waals surface area contributed by atoms with Crippen molar-refractivity contribution >= 4 is 93.9 Å². The molecule has 260 valence electrons. The van der Waals surface area contributed by atoms with Crippen molar-refractivity contribution in [3.8, 4) is 5.75 Å². The van der Waals surface area contributed by atoms with Crippen LogP contribution in [0.3, 0.4) is 0 Å². The van der Waals surface area contributed by atoms with Crippen molar-refractivity contribution in [2.24, 2.45) is 20.5 Å². The predicted octanol–water partition coefficient (Wildman–Crippen LogP) is 7.60. The minimum Gasteiger partial charge on any atom is -0.494 e. The Hall–Kier alpha value is -5.06. The average molecular weight is 743 g/mol. The average Bonchev–Trinajstić information content (AvgIpc) is 3.04. The van der Waals surface area contributed by atoms with Gasteiger partial charge in [0.05, 0.1) is 30.5 Å². The molecule has 0 saturated carbocycles. The maximum absolute atomic E-state index is 12.4. The molecule has 5 aromatic rings. The topological polar surface area (TPSA) is 261 Å². The van der Waals surface area contributed by atoms with Gasteiger partial charge in [0.1, 0.15) is 32.6 Å². The van der Waals surface area contributed by atoms with E-state index in [1.165, 1.54) is 32.2 Å². The summed E-state index contributed by atoms with van der Waals surface area (Å²) >= 11 is 0.338. The fraction of sp³-hybridized carbons (Fsp3) is 0.100. The van der Waals surface area contributed by atoms with Crippen LogP contribution in [0, 0.1) is 6.92 Å². The van der Waals surface area contributed by atoms with E-state index in [1.54, 1.807) is 12.1 Å². The Bertz CT molecular complexity index is 2450. The van der Waals surface area contributed by atoms with Gasteiger partial charge in [0.2, 0.25) is 5.91 Å². The van der Waals surface area contributed by atoms with Gasteiger partial charge in [0, 0.05) is 39.7 Å². The second-order valence-electron chi connectivity index (χ2n) is 10.4. The van der Waals surface area contributed by atoms with Crippen molar-refractivity contribution in [3.63, 3.8) is 0 Å². The molecule has 1 amide bonds. The number of rotatable bonds is 11. The van der Waals surface area contributed by atoms with Gasteiger partial charge in [-0.25, -0.2) is 5.26 Å². The smallest absolute Gasteiger partial charge is 0.296 e. The van der Waals surface area contributed by atoms with E-state index in [-0.39, 0.29) is 38.5 Å². The number of ether oxygens (including phenoxy) is 1. The third-order valence-electron chi connectivity index (χ3n) is 7.08. The summed E-state index contributed by atoms with van der Waals surface area (Å²) in [7, 11) is -8.60. The Labute approximate surface area is 288 Å². The number of nitrogens with two attached hydrogens (primary N) is 1. The highest BCUT2D eigenvalue weighted by molar-refractivity contribution is 7.94. The summed E-state index contributed by atoms with van der Waals surface area (Å²) in [6.07, 6.45) is 0. The Morgan fingerprint density at radius 3 is 2.16 bits per heavy atom. The quantitative estimate of drug-likeness (QED) is 0.0218. The van der Waals surface area contributed by atoms with Crippen LogP contribution in [0.1, 0.15) is 12.5 Å². The highest BCUT2D eigenvalue weighted by atomic mass is 32.2. The fourth-order valence-corrected chi connectivity index (χ4v) is 6.90. The zero-order valence-corrected chi connectivity index (χ0v) is 28.5. The van der Waals surface area contributed by atoms with Crippen molar-refractivity contribution in [1.29, 1.82) is 0 Å². The zero-order chi connectivity index (χ0) is 36.4. The zero-order valence-electron chi connectivity index (χ0n) is 26.0. The van der Waals surface area contributed by atoms with Crippen LogP contribution < -0.4 is 15.8 Å². The predicted molar refractivity (Wildman–Crippen MR) is 183 cm³/mol. The molecule has 50 heavy (non-hydrogen) atoms. The second-order valence-corrected chi connectivity index (χ2v) is 14.0. The largest absolute Gasteiger partial charge is 0.494 e. The van der Waals surface area contributed by atoms with Crippen LogP contribution in [0.4, 0.5) is 34.1 Å². The van der Waals surface area contributed by atoms with Crippen molar-refractivity contribution < 1.29 is 50.1 Å². The second kappa shape index (κ2) is 14.4. The van der Waals surface area contributed by atoms with E-state index in [0.717, 1.165) is 34.5 Å². The Morgan fingerprint density at radius 1 is 0.820 bits per heavy atom. The summed E-state index contributed by atoms with van der Waals surface area (Å²) < 4.78 is 79.1. The van der Waals surface area contributed by atoms with Crippen LogP contribution in [0.5, 0.6) is 5.75 Å². The first-order valence-electron chi connectivity index (χ1n) is 13.9. The van der Waals surface area contributed by atoms with Crippen molar-refractivity contribution in [2.45, 2.75) is 28.5 Å². The lowest BCUT2D eigenvalue weighted by molar-refractivity contribution is -0.432. The summed E-state index contributed by atoms with van der Waals surface area (Å²) in [5, 5.41) is 32.6. The van der Waals surface area contributed by atoms with Crippen LogP contribution in [-0.2, 0) is 34.4 Å². The molecule has 0 aliphatic heterocycles. The maximum Gasteiger partial charge on any atom is 0.296 e.